The summed E-state index contributed by atoms with van der Waals surface area (Å²) in [6, 6.07) is 9.72. The van der Waals surface area contributed by atoms with Gasteiger partial charge in [-0.3, -0.25) is 0 Å². The Hall–Kier alpha value is -0.800. The molecule has 3 heteroatoms. The predicted octanol–water partition coefficient (Wildman–Crippen LogP) is 5.05. The lowest BCUT2D eigenvalue weighted by Crippen LogP contribution is -1.87. The molecule has 0 spiro atoms. The molecule has 0 aliphatic carbocycles. The van der Waals surface area contributed by atoms with Gasteiger partial charge in [0.05, 0.1) is 0 Å². The van der Waals surface area contributed by atoms with E-state index in [1.54, 1.807) is 0 Å². The molecule has 1 nitrogen and oxygen atoms in total. The van der Waals surface area contributed by atoms with Crippen LogP contribution in [0, 0.1) is 0 Å². The molecule has 0 bridgehead atoms. The van der Waals surface area contributed by atoms with Crippen LogP contribution in [0.3, 0.4) is 0 Å². The number of rotatable bonds is 0. The number of hydrogen-bond acceptors (Lipinski definition) is 3. The van der Waals surface area contributed by atoms with Crippen LogP contribution in [0.5, 0.6) is 0 Å². The monoisotopic (exact) mass is 267 g/mol. The predicted molar refractivity (Wildman–Crippen MR) is 85.6 cm³/mol. The number of nitrogen functional groups attached to an aromatic ring is 1. The number of nitrogens with two attached hydrogens (primary N) is 1. The molecule has 2 N–H and O–H groups in total. The molecule has 0 unspecified atom stereocenters. The van der Waals surface area contributed by atoms with Crippen LogP contribution < -0.4 is 5.73 Å². The molecule has 2 aromatic rings. The normalized spacial score (nSPS) is 8.82. The molecule has 0 fully saturated rings. The third kappa shape index (κ3) is 4.52. The van der Waals surface area contributed by atoms with Gasteiger partial charge in [-0.1, -0.05) is 33.8 Å². The van der Waals surface area contributed by atoms with E-state index in [2.05, 4.69) is 25.3 Å². The van der Waals surface area contributed by atoms with Crippen LogP contribution in [0.15, 0.2) is 40.1 Å². The van der Waals surface area contributed by atoms with Crippen molar-refractivity contribution in [2.24, 2.45) is 0 Å². The van der Waals surface area contributed by atoms with Gasteiger partial charge < -0.3 is 5.73 Å². The van der Waals surface area contributed by atoms with E-state index in [1.165, 1.54) is 0 Å². The molecule has 94 valence electrons. The first-order valence-electron chi connectivity index (χ1n) is 5.88. The summed E-state index contributed by atoms with van der Waals surface area (Å²) >= 11 is 8.52. The highest BCUT2D eigenvalue weighted by Gasteiger charge is 1.99. The molecule has 17 heavy (non-hydrogen) atoms. The lowest BCUT2D eigenvalue weighted by atomic mass is 10.1. The summed E-state index contributed by atoms with van der Waals surface area (Å²) in [7, 11) is 0. The standard InChI is InChI=1S/C10H9NS2.2C2H6/c11-10-5-8(13)4-6-3-7(12)1-2-9(6)10;2*1-2/h1-5,12-13H,11H2;2*1-2H3. The van der Waals surface area contributed by atoms with Gasteiger partial charge in [0.25, 0.3) is 0 Å². The third-order valence-corrected chi connectivity index (χ3v) is 2.49. The second-order valence-electron chi connectivity index (χ2n) is 2.94. The molecular weight excluding hydrogens is 246 g/mol. The Balaban J connectivity index is 0.000000581. The summed E-state index contributed by atoms with van der Waals surface area (Å²) in [5.41, 5.74) is 6.59. The Labute approximate surface area is 115 Å². The molecular formula is C14H21NS2. The molecule has 2 aromatic carbocycles. The first-order chi connectivity index (χ1) is 8.16. The van der Waals surface area contributed by atoms with Crippen molar-refractivity contribution < 1.29 is 0 Å². The van der Waals surface area contributed by atoms with E-state index in [9.17, 15) is 0 Å². The van der Waals surface area contributed by atoms with E-state index in [-0.39, 0.29) is 0 Å². The lowest BCUT2D eigenvalue weighted by molar-refractivity contribution is 1.47. The zero-order chi connectivity index (χ0) is 13.4. The van der Waals surface area contributed by atoms with Crippen molar-refractivity contribution in [2.45, 2.75) is 37.5 Å². The number of hydrogen-bond donors (Lipinski definition) is 3. The van der Waals surface area contributed by atoms with Crippen molar-refractivity contribution in [1.29, 1.82) is 0 Å². The highest BCUT2D eigenvalue weighted by Crippen LogP contribution is 2.26. The van der Waals surface area contributed by atoms with Gasteiger partial charge in [0, 0.05) is 20.9 Å². The first kappa shape index (κ1) is 16.2. The Morgan fingerprint density at radius 2 is 1.35 bits per heavy atom. The smallest absolute Gasteiger partial charge is 0.0404 e. The molecule has 0 aromatic heterocycles. The lowest BCUT2D eigenvalue weighted by Gasteiger charge is -2.03. The molecule has 0 aliphatic heterocycles. The van der Waals surface area contributed by atoms with Crippen molar-refractivity contribution in [3.63, 3.8) is 0 Å². The van der Waals surface area contributed by atoms with Crippen LogP contribution in [0.4, 0.5) is 5.69 Å². The summed E-state index contributed by atoms with van der Waals surface area (Å²) in [6.45, 7) is 8.00. The van der Waals surface area contributed by atoms with E-state index in [0.29, 0.717) is 0 Å². The fraction of sp³-hybridized carbons (Fsp3) is 0.286. The van der Waals surface area contributed by atoms with Crippen molar-refractivity contribution in [3.8, 4) is 0 Å². The van der Waals surface area contributed by atoms with Gasteiger partial charge in [-0.2, -0.15) is 0 Å². The van der Waals surface area contributed by atoms with E-state index >= 15 is 0 Å². The highest BCUT2D eigenvalue weighted by atomic mass is 32.1. The number of thiol groups is 2. The molecule has 0 atom stereocenters. The largest absolute Gasteiger partial charge is 0.398 e. The van der Waals surface area contributed by atoms with Crippen LogP contribution in [0.1, 0.15) is 27.7 Å². The van der Waals surface area contributed by atoms with Crippen molar-refractivity contribution in [3.05, 3.63) is 30.3 Å². The fourth-order valence-electron chi connectivity index (χ4n) is 1.37. The fourth-order valence-corrected chi connectivity index (χ4v) is 1.86. The van der Waals surface area contributed by atoms with E-state index in [4.69, 9.17) is 5.73 Å². The van der Waals surface area contributed by atoms with Gasteiger partial charge in [0.15, 0.2) is 0 Å². The Morgan fingerprint density at radius 1 is 0.824 bits per heavy atom. The minimum absolute atomic E-state index is 0.760. The van der Waals surface area contributed by atoms with Crippen molar-refractivity contribution >= 4 is 41.7 Å². The summed E-state index contributed by atoms with van der Waals surface area (Å²) < 4.78 is 0. The second kappa shape index (κ2) is 8.31. The zero-order valence-corrected chi connectivity index (χ0v) is 12.6. The van der Waals surface area contributed by atoms with Crippen LogP contribution >= 0.6 is 25.3 Å². The number of anilines is 1. The highest BCUT2D eigenvalue weighted by molar-refractivity contribution is 7.80. The minimum atomic E-state index is 0.760. The zero-order valence-electron chi connectivity index (χ0n) is 10.9. The van der Waals surface area contributed by atoms with Gasteiger partial charge in [-0.05, 0) is 29.7 Å². The molecule has 0 amide bonds. The molecule has 2 rings (SSSR count). The second-order valence-corrected chi connectivity index (χ2v) is 3.97. The Kier molecular flexibility index (Phi) is 7.92. The molecule has 0 saturated carbocycles. The topological polar surface area (TPSA) is 26.0 Å². The summed E-state index contributed by atoms with van der Waals surface area (Å²) in [5.74, 6) is 0. The van der Waals surface area contributed by atoms with Gasteiger partial charge in [-0.15, -0.1) is 25.3 Å². The molecule has 0 aliphatic rings. The van der Waals surface area contributed by atoms with Gasteiger partial charge in [0.1, 0.15) is 0 Å². The van der Waals surface area contributed by atoms with Crippen LogP contribution in [-0.2, 0) is 0 Å². The third-order valence-electron chi connectivity index (χ3n) is 1.95. The molecule has 0 heterocycles. The van der Waals surface area contributed by atoms with Crippen LogP contribution in [0.2, 0.25) is 0 Å². The maximum absolute atomic E-state index is 5.83. The molecule has 0 radical (unpaired) electrons. The van der Waals surface area contributed by atoms with Crippen molar-refractivity contribution in [1.82, 2.24) is 0 Å². The minimum Gasteiger partial charge on any atom is -0.398 e. The molecule has 0 saturated heterocycles. The maximum atomic E-state index is 5.83. The Morgan fingerprint density at radius 3 is 1.94 bits per heavy atom. The van der Waals surface area contributed by atoms with E-state index in [1.807, 2.05) is 58.0 Å². The van der Waals surface area contributed by atoms with Gasteiger partial charge in [-0.25, -0.2) is 0 Å². The SMILES string of the molecule is CC.CC.Nc1cc(S)cc2cc(S)ccc12. The van der Waals surface area contributed by atoms with Crippen LogP contribution in [-0.4, -0.2) is 0 Å². The van der Waals surface area contributed by atoms with Gasteiger partial charge in [0.2, 0.25) is 0 Å². The number of benzene rings is 2. The quantitative estimate of drug-likeness (QED) is 0.452. The average molecular weight is 267 g/mol. The maximum Gasteiger partial charge on any atom is 0.0404 e. The summed E-state index contributed by atoms with van der Waals surface area (Å²) in [5, 5.41) is 2.13. The summed E-state index contributed by atoms with van der Waals surface area (Å²) in [4.78, 5) is 1.81. The van der Waals surface area contributed by atoms with E-state index < -0.39 is 0 Å². The number of fused-ring (bicyclic) bond motifs is 1. The first-order valence-corrected chi connectivity index (χ1v) is 6.77. The summed E-state index contributed by atoms with van der Waals surface area (Å²) in [6.07, 6.45) is 0. The van der Waals surface area contributed by atoms with Crippen LogP contribution in [0.25, 0.3) is 10.8 Å². The Bertz CT molecular complexity index is 462. The van der Waals surface area contributed by atoms with E-state index in [0.717, 1.165) is 26.3 Å². The average Bonchev–Trinajstić information content (AvgIpc) is 2.33. The van der Waals surface area contributed by atoms with Gasteiger partial charge >= 0.3 is 0 Å². The van der Waals surface area contributed by atoms with Crippen molar-refractivity contribution in [2.75, 3.05) is 5.73 Å².